The molecule has 4 rings (SSSR count). The highest BCUT2D eigenvalue weighted by molar-refractivity contribution is 5.78. The fourth-order valence-corrected chi connectivity index (χ4v) is 3.12. The lowest BCUT2D eigenvalue weighted by atomic mass is 10.3. The second-order valence-electron chi connectivity index (χ2n) is 6.29. The molecule has 27 heavy (non-hydrogen) atoms. The van der Waals surface area contributed by atoms with E-state index in [0.29, 0.717) is 29.9 Å². The van der Waals surface area contributed by atoms with Crippen molar-refractivity contribution in [2.45, 2.75) is 19.9 Å². The van der Waals surface area contributed by atoms with E-state index in [2.05, 4.69) is 37.2 Å². The number of hydrogen-bond donors (Lipinski definition) is 1. The first-order valence-electron chi connectivity index (χ1n) is 9.11. The summed E-state index contributed by atoms with van der Waals surface area (Å²) in [6, 6.07) is 8.71. The first kappa shape index (κ1) is 17.2. The van der Waals surface area contributed by atoms with Crippen molar-refractivity contribution in [3.63, 3.8) is 0 Å². The molecule has 0 aromatic carbocycles. The Morgan fingerprint density at radius 3 is 2.85 bits per heavy atom. The van der Waals surface area contributed by atoms with E-state index in [1.807, 2.05) is 25.1 Å². The van der Waals surface area contributed by atoms with Gasteiger partial charge in [-0.1, -0.05) is 18.9 Å². The Morgan fingerprint density at radius 2 is 2.11 bits per heavy atom. The Bertz CT molecular complexity index is 1050. The van der Waals surface area contributed by atoms with Crippen molar-refractivity contribution in [1.29, 1.82) is 0 Å². The zero-order chi connectivity index (χ0) is 18.6. The van der Waals surface area contributed by atoms with E-state index in [0.717, 1.165) is 31.9 Å². The minimum atomic E-state index is -0.211. The second-order valence-corrected chi connectivity index (χ2v) is 6.29. The smallest absolute Gasteiger partial charge is 0.294 e. The summed E-state index contributed by atoms with van der Waals surface area (Å²) in [6.45, 7) is 5.71. The van der Waals surface area contributed by atoms with Crippen molar-refractivity contribution in [3.8, 4) is 12.0 Å². The Balaban J connectivity index is 1.83. The molecule has 0 unspecified atom stereocenters. The van der Waals surface area contributed by atoms with Gasteiger partial charge in [-0.05, 0) is 12.1 Å². The maximum Gasteiger partial charge on any atom is 0.294 e. The standard InChI is InChI=1S/C19H21N7O/c1-2-3-10-25-17-16(23-19(25)24-11-8-20-9-12-24)13-22-26(18(17)27)14-15-6-4-5-7-21-15/h4-7,13,20H,2,8-9,11-12,14H2,1H3. The third-order valence-electron chi connectivity index (χ3n) is 4.45. The fraction of sp³-hybridized carbons (Fsp3) is 0.368. The summed E-state index contributed by atoms with van der Waals surface area (Å²) < 4.78 is 3.14. The molecule has 0 radical (unpaired) electrons. The van der Waals surface area contributed by atoms with Crippen LogP contribution in [0.5, 0.6) is 0 Å². The van der Waals surface area contributed by atoms with Crippen LogP contribution in [0.3, 0.4) is 0 Å². The molecular formula is C19H21N7O. The van der Waals surface area contributed by atoms with Crippen LogP contribution in [-0.2, 0) is 6.54 Å². The van der Waals surface area contributed by atoms with E-state index in [9.17, 15) is 4.79 Å². The molecule has 1 aliphatic rings. The first-order valence-corrected chi connectivity index (χ1v) is 9.11. The topological polar surface area (TPSA) is 80.9 Å². The summed E-state index contributed by atoms with van der Waals surface area (Å²) in [5.74, 6) is 3.78. The molecule has 8 nitrogen and oxygen atoms in total. The fourth-order valence-electron chi connectivity index (χ4n) is 3.12. The number of anilines is 1. The van der Waals surface area contributed by atoms with Crippen LogP contribution in [0.2, 0.25) is 0 Å². The average molecular weight is 363 g/mol. The van der Waals surface area contributed by atoms with Gasteiger partial charge >= 0.3 is 0 Å². The molecule has 0 aliphatic carbocycles. The number of hydrogen-bond acceptors (Lipinski definition) is 6. The van der Waals surface area contributed by atoms with E-state index in [4.69, 9.17) is 0 Å². The molecule has 0 spiro atoms. The molecule has 4 heterocycles. The quantitative estimate of drug-likeness (QED) is 0.689. The first-order chi connectivity index (χ1) is 13.3. The van der Waals surface area contributed by atoms with Gasteiger partial charge in [0.05, 0.1) is 18.4 Å². The summed E-state index contributed by atoms with van der Waals surface area (Å²) >= 11 is 0. The van der Waals surface area contributed by atoms with Crippen LogP contribution < -0.4 is 15.8 Å². The summed E-state index contributed by atoms with van der Waals surface area (Å²) in [5, 5.41) is 7.62. The Labute approximate surface area is 156 Å². The van der Waals surface area contributed by atoms with Gasteiger partial charge in [-0.25, -0.2) is 14.2 Å². The molecule has 1 N–H and O–H groups in total. The van der Waals surface area contributed by atoms with Crippen molar-refractivity contribution >= 4 is 17.0 Å². The maximum absolute atomic E-state index is 13.1. The van der Waals surface area contributed by atoms with Gasteiger partial charge in [-0.2, -0.15) is 5.10 Å². The van der Waals surface area contributed by atoms with Gasteiger partial charge in [0.15, 0.2) is 5.52 Å². The van der Waals surface area contributed by atoms with Crippen molar-refractivity contribution in [2.75, 3.05) is 31.1 Å². The Morgan fingerprint density at radius 1 is 1.26 bits per heavy atom. The van der Waals surface area contributed by atoms with Crippen LogP contribution >= 0.6 is 0 Å². The molecule has 0 saturated carbocycles. The third-order valence-corrected chi connectivity index (χ3v) is 4.45. The van der Waals surface area contributed by atoms with Crippen molar-refractivity contribution in [3.05, 3.63) is 46.6 Å². The van der Waals surface area contributed by atoms with E-state index >= 15 is 0 Å². The van der Waals surface area contributed by atoms with Crippen LogP contribution in [0.1, 0.15) is 19.0 Å². The van der Waals surface area contributed by atoms with Gasteiger partial charge in [0.25, 0.3) is 5.56 Å². The van der Waals surface area contributed by atoms with Crippen LogP contribution in [0, 0.1) is 12.0 Å². The number of nitrogens with zero attached hydrogens (tertiary/aromatic N) is 6. The Hall–Kier alpha value is -3.18. The maximum atomic E-state index is 13.1. The number of nitrogens with one attached hydrogen (secondary N) is 1. The van der Waals surface area contributed by atoms with E-state index in [-0.39, 0.29) is 5.56 Å². The van der Waals surface area contributed by atoms with Gasteiger partial charge in [-0.15, -0.1) is 0 Å². The summed E-state index contributed by atoms with van der Waals surface area (Å²) in [5.41, 5.74) is 1.60. The van der Waals surface area contributed by atoms with Crippen LogP contribution in [0.25, 0.3) is 11.0 Å². The SMILES string of the molecule is CCC#Cn1c(N2CCNCC2)nc2cnn(Cc3ccccn3)c(=O)c21. The molecule has 0 bridgehead atoms. The van der Waals surface area contributed by atoms with Gasteiger partial charge < -0.3 is 10.2 Å². The largest absolute Gasteiger partial charge is 0.339 e. The highest BCUT2D eigenvalue weighted by Gasteiger charge is 2.21. The zero-order valence-corrected chi connectivity index (χ0v) is 15.2. The average Bonchev–Trinajstić information content (AvgIpc) is 3.09. The minimum Gasteiger partial charge on any atom is -0.339 e. The summed E-state index contributed by atoms with van der Waals surface area (Å²) in [6.07, 6.45) is 4.04. The molecule has 8 heteroatoms. The van der Waals surface area contributed by atoms with Crippen LogP contribution in [0.15, 0.2) is 35.4 Å². The van der Waals surface area contributed by atoms with E-state index in [1.54, 1.807) is 17.0 Å². The predicted octanol–water partition coefficient (Wildman–Crippen LogP) is 0.665. The minimum absolute atomic E-state index is 0.211. The highest BCUT2D eigenvalue weighted by Crippen LogP contribution is 2.19. The zero-order valence-electron chi connectivity index (χ0n) is 15.2. The van der Waals surface area contributed by atoms with Gasteiger partial charge in [-0.3, -0.25) is 9.78 Å². The molecule has 3 aromatic heterocycles. The number of piperazine rings is 1. The third kappa shape index (κ3) is 3.41. The monoisotopic (exact) mass is 363 g/mol. The van der Waals surface area contributed by atoms with E-state index in [1.165, 1.54) is 4.68 Å². The normalized spacial score (nSPS) is 14.2. The number of aromatic nitrogens is 5. The molecule has 1 saturated heterocycles. The molecule has 1 fully saturated rings. The molecule has 0 amide bonds. The van der Waals surface area contributed by atoms with Gasteiger partial charge in [0.2, 0.25) is 5.95 Å². The van der Waals surface area contributed by atoms with Gasteiger partial charge in [0, 0.05) is 44.8 Å². The second kappa shape index (κ2) is 7.60. The van der Waals surface area contributed by atoms with Crippen molar-refractivity contribution in [1.82, 2.24) is 29.6 Å². The predicted molar refractivity (Wildman–Crippen MR) is 104 cm³/mol. The van der Waals surface area contributed by atoms with E-state index < -0.39 is 0 Å². The molecule has 1 aliphatic heterocycles. The lowest BCUT2D eigenvalue weighted by Crippen LogP contribution is -2.44. The van der Waals surface area contributed by atoms with Crippen LogP contribution in [-0.4, -0.2) is 50.5 Å². The molecular weight excluding hydrogens is 342 g/mol. The molecule has 0 atom stereocenters. The number of fused-ring (bicyclic) bond motifs is 1. The Kier molecular flexibility index (Phi) is 4.85. The summed E-state index contributed by atoms with van der Waals surface area (Å²) in [4.78, 5) is 24.2. The molecule has 3 aromatic rings. The lowest BCUT2D eigenvalue weighted by Gasteiger charge is -2.27. The molecule has 138 valence electrons. The number of pyridine rings is 1. The lowest BCUT2D eigenvalue weighted by molar-refractivity contribution is 0.579. The van der Waals surface area contributed by atoms with Crippen LogP contribution in [0.4, 0.5) is 5.95 Å². The number of imidazole rings is 1. The van der Waals surface area contributed by atoms with Gasteiger partial charge in [0.1, 0.15) is 5.52 Å². The van der Waals surface area contributed by atoms with Crippen molar-refractivity contribution in [2.24, 2.45) is 0 Å². The highest BCUT2D eigenvalue weighted by atomic mass is 16.1. The number of rotatable bonds is 3. The summed E-state index contributed by atoms with van der Waals surface area (Å²) in [7, 11) is 0. The van der Waals surface area contributed by atoms with Crippen molar-refractivity contribution < 1.29 is 0 Å².